The lowest BCUT2D eigenvalue weighted by Gasteiger charge is -2.10. The minimum Gasteiger partial charge on any atom is -0.398 e. The molecule has 1 aromatic carbocycles. The van der Waals surface area contributed by atoms with Crippen LogP contribution in [0, 0.1) is 0 Å². The van der Waals surface area contributed by atoms with Gasteiger partial charge < -0.3 is 5.73 Å². The quantitative estimate of drug-likeness (QED) is 0.792. The van der Waals surface area contributed by atoms with E-state index in [1.54, 1.807) is 6.07 Å². The lowest BCUT2D eigenvalue weighted by molar-refractivity contribution is 0.582. The van der Waals surface area contributed by atoms with E-state index in [0.717, 1.165) is 17.2 Å². The maximum Gasteiger partial charge on any atom is 0.242 e. The van der Waals surface area contributed by atoms with Crippen LogP contribution in [0.1, 0.15) is 4.88 Å². The van der Waals surface area contributed by atoms with Crippen LogP contribution in [0.25, 0.3) is 0 Å². The second-order valence-electron chi connectivity index (χ2n) is 4.38. The van der Waals surface area contributed by atoms with E-state index in [4.69, 9.17) is 5.73 Å². The Morgan fingerprint density at radius 1 is 1.19 bits per heavy atom. The summed E-state index contributed by atoms with van der Waals surface area (Å²) in [6.07, 6.45) is 1.01. The van der Waals surface area contributed by atoms with E-state index < -0.39 is 19.9 Å². The Balaban J connectivity index is 2.35. The number of rotatable bonds is 5. The number of hydrogen-bond acceptors (Lipinski definition) is 6. The summed E-state index contributed by atoms with van der Waals surface area (Å²) < 4.78 is 49.9. The third-order valence-electron chi connectivity index (χ3n) is 2.72. The number of sulfonamides is 1. The molecule has 0 saturated carbocycles. The van der Waals surface area contributed by atoms with E-state index in [0.29, 0.717) is 0 Å². The largest absolute Gasteiger partial charge is 0.398 e. The highest BCUT2D eigenvalue weighted by Gasteiger charge is 2.20. The van der Waals surface area contributed by atoms with Gasteiger partial charge in [0.25, 0.3) is 0 Å². The Labute approximate surface area is 127 Å². The fourth-order valence-corrected chi connectivity index (χ4v) is 4.25. The van der Waals surface area contributed by atoms with Crippen molar-refractivity contribution in [1.29, 1.82) is 0 Å². The van der Waals surface area contributed by atoms with Crippen molar-refractivity contribution in [3.8, 4) is 0 Å². The molecule has 114 valence electrons. The molecule has 0 unspecified atom stereocenters. The molecule has 0 fully saturated rings. The Bertz CT molecular complexity index is 841. The number of thiophene rings is 1. The van der Waals surface area contributed by atoms with E-state index in [9.17, 15) is 16.8 Å². The lowest BCUT2D eigenvalue weighted by atomic mass is 10.3. The summed E-state index contributed by atoms with van der Waals surface area (Å²) >= 11 is 1.42. The number of hydrogen-bond donors (Lipinski definition) is 2. The summed E-state index contributed by atoms with van der Waals surface area (Å²) in [5.41, 5.74) is 5.66. The summed E-state index contributed by atoms with van der Waals surface area (Å²) in [7, 11) is -7.39. The van der Waals surface area contributed by atoms with E-state index in [1.165, 1.54) is 23.5 Å². The normalized spacial score (nSPS) is 12.4. The summed E-state index contributed by atoms with van der Waals surface area (Å²) in [6.45, 7) is 0.128. The minimum atomic E-state index is -3.88. The average Bonchev–Trinajstić information content (AvgIpc) is 2.88. The molecule has 3 N–H and O–H groups in total. The molecule has 1 aromatic heterocycles. The first-order valence-corrected chi connectivity index (χ1v) is 10.1. The van der Waals surface area contributed by atoms with Gasteiger partial charge >= 0.3 is 0 Å². The number of sulfone groups is 1. The summed E-state index contributed by atoms with van der Waals surface area (Å²) in [5.74, 6) is 0. The molecule has 0 amide bonds. The molecule has 0 atom stereocenters. The highest BCUT2D eigenvalue weighted by atomic mass is 32.2. The summed E-state index contributed by atoms with van der Waals surface area (Å²) in [6, 6.07) is 7.23. The lowest BCUT2D eigenvalue weighted by Crippen LogP contribution is -2.24. The second-order valence-corrected chi connectivity index (χ2v) is 9.16. The van der Waals surface area contributed by atoms with Crippen molar-refractivity contribution in [1.82, 2.24) is 4.72 Å². The molecular weight excluding hydrogens is 332 g/mol. The van der Waals surface area contributed by atoms with Gasteiger partial charge in [-0.2, -0.15) is 0 Å². The van der Waals surface area contributed by atoms with Gasteiger partial charge in [-0.25, -0.2) is 21.6 Å². The van der Waals surface area contributed by atoms with Gasteiger partial charge in [0.05, 0.1) is 10.6 Å². The van der Waals surface area contributed by atoms with Crippen LogP contribution >= 0.6 is 11.3 Å². The smallest absolute Gasteiger partial charge is 0.242 e. The molecule has 1 heterocycles. The first kappa shape index (κ1) is 16.0. The number of anilines is 1. The molecule has 0 radical (unpaired) electrons. The first-order chi connectivity index (χ1) is 9.70. The Morgan fingerprint density at radius 3 is 2.48 bits per heavy atom. The van der Waals surface area contributed by atoms with E-state index in [1.807, 2.05) is 11.4 Å². The third-order valence-corrected chi connectivity index (χ3v) is 6.16. The molecule has 9 heteroatoms. The summed E-state index contributed by atoms with van der Waals surface area (Å²) in [4.78, 5) is 0.520. The molecule has 0 aliphatic carbocycles. The van der Waals surface area contributed by atoms with Crippen molar-refractivity contribution >= 4 is 36.9 Å². The topological polar surface area (TPSA) is 106 Å². The van der Waals surface area contributed by atoms with Crippen molar-refractivity contribution in [3.63, 3.8) is 0 Å². The molecule has 0 saturated heterocycles. The van der Waals surface area contributed by atoms with Crippen LogP contribution in [0.3, 0.4) is 0 Å². The van der Waals surface area contributed by atoms with Crippen molar-refractivity contribution in [2.45, 2.75) is 16.3 Å². The second kappa shape index (κ2) is 5.76. The Morgan fingerprint density at radius 2 is 1.90 bits per heavy atom. The van der Waals surface area contributed by atoms with Gasteiger partial charge in [0.1, 0.15) is 4.90 Å². The fourth-order valence-electron chi connectivity index (χ4n) is 1.64. The van der Waals surface area contributed by atoms with Crippen LogP contribution in [-0.4, -0.2) is 23.1 Å². The van der Waals surface area contributed by atoms with Gasteiger partial charge in [-0.3, -0.25) is 0 Å². The third kappa shape index (κ3) is 3.82. The molecule has 2 rings (SSSR count). The Kier molecular flexibility index (Phi) is 4.38. The van der Waals surface area contributed by atoms with E-state index in [-0.39, 0.29) is 22.0 Å². The molecular formula is C12H14N2O4S3. The van der Waals surface area contributed by atoms with Crippen molar-refractivity contribution < 1.29 is 16.8 Å². The molecule has 21 heavy (non-hydrogen) atoms. The summed E-state index contributed by atoms with van der Waals surface area (Å²) in [5, 5.41) is 1.84. The van der Waals surface area contributed by atoms with Crippen LogP contribution < -0.4 is 10.5 Å². The molecule has 2 aromatic rings. The SMILES string of the molecule is CS(=O)(=O)c1ccc(N)c(S(=O)(=O)NCc2cccs2)c1. The zero-order valence-corrected chi connectivity index (χ0v) is 13.6. The van der Waals surface area contributed by atoms with Gasteiger partial charge in [-0.15, -0.1) is 11.3 Å². The number of nitrogen functional groups attached to an aromatic ring is 1. The van der Waals surface area contributed by atoms with Crippen LogP contribution in [-0.2, 0) is 26.4 Å². The van der Waals surface area contributed by atoms with Crippen molar-refractivity contribution in [2.24, 2.45) is 0 Å². The number of nitrogens with one attached hydrogen (secondary N) is 1. The first-order valence-electron chi connectivity index (χ1n) is 5.82. The van der Waals surface area contributed by atoms with E-state index in [2.05, 4.69) is 4.72 Å². The fraction of sp³-hybridized carbons (Fsp3) is 0.167. The van der Waals surface area contributed by atoms with E-state index >= 15 is 0 Å². The van der Waals surface area contributed by atoms with Crippen molar-refractivity contribution in [2.75, 3.05) is 12.0 Å². The molecule has 0 aliphatic heterocycles. The van der Waals surface area contributed by atoms with Crippen LogP contribution in [0.2, 0.25) is 0 Å². The number of nitrogens with two attached hydrogens (primary N) is 1. The predicted octanol–water partition coefficient (Wildman–Crippen LogP) is 1.21. The maximum atomic E-state index is 12.2. The predicted molar refractivity (Wildman–Crippen MR) is 82.3 cm³/mol. The zero-order valence-electron chi connectivity index (χ0n) is 11.1. The molecule has 0 spiro atoms. The van der Waals surface area contributed by atoms with Gasteiger partial charge in [0, 0.05) is 17.7 Å². The molecule has 0 aliphatic rings. The Hall–Kier alpha value is -1.42. The highest BCUT2D eigenvalue weighted by Crippen LogP contribution is 2.23. The van der Waals surface area contributed by atoms with Gasteiger partial charge in [0.2, 0.25) is 10.0 Å². The molecule has 6 nitrogen and oxygen atoms in total. The van der Waals surface area contributed by atoms with Crippen LogP contribution in [0.15, 0.2) is 45.5 Å². The monoisotopic (exact) mass is 346 g/mol. The minimum absolute atomic E-state index is 0.001000. The van der Waals surface area contributed by atoms with Crippen LogP contribution in [0.4, 0.5) is 5.69 Å². The average molecular weight is 346 g/mol. The van der Waals surface area contributed by atoms with Crippen LogP contribution in [0.5, 0.6) is 0 Å². The zero-order chi connectivity index (χ0) is 15.7. The number of benzene rings is 1. The highest BCUT2D eigenvalue weighted by molar-refractivity contribution is 7.91. The maximum absolute atomic E-state index is 12.2. The molecule has 0 bridgehead atoms. The van der Waals surface area contributed by atoms with Crippen molar-refractivity contribution in [3.05, 3.63) is 40.6 Å². The van der Waals surface area contributed by atoms with Gasteiger partial charge in [-0.05, 0) is 29.6 Å². The standard InChI is InChI=1S/C12H14N2O4S3/c1-20(15,16)10-4-5-11(13)12(7-10)21(17,18)14-8-9-3-2-6-19-9/h2-7,14H,8,13H2,1H3. The van der Waals surface area contributed by atoms with Gasteiger partial charge in [0.15, 0.2) is 9.84 Å². The van der Waals surface area contributed by atoms with Gasteiger partial charge in [-0.1, -0.05) is 6.07 Å².